The minimum absolute atomic E-state index is 0.178. The maximum absolute atomic E-state index is 13.0. The maximum atomic E-state index is 13.0. The molecule has 0 saturated carbocycles. The molecule has 0 radical (unpaired) electrons. The van der Waals surface area contributed by atoms with Crippen molar-refractivity contribution in [1.29, 1.82) is 0 Å². The molecule has 3 aromatic rings. The first-order valence-corrected chi connectivity index (χ1v) is 8.41. The number of amides is 1. The average molecular weight is 346 g/mol. The van der Waals surface area contributed by atoms with Crippen LogP contribution in [0.5, 0.6) is 0 Å². The van der Waals surface area contributed by atoms with E-state index in [2.05, 4.69) is 4.98 Å². The molecule has 0 saturated heterocycles. The van der Waals surface area contributed by atoms with Crippen LogP contribution < -0.4 is 0 Å². The molecule has 2 atom stereocenters. The second-order valence-corrected chi connectivity index (χ2v) is 6.72. The summed E-state index contributed by atoms with van der Waals surface area (Å²) in [6.45, 7) is 0. The maximum Gasteiger partial charge on any atom is 0.253 e. The van der Waals surface area contributed by atoms with Gasteiger partial charge in [-0.05, 0) is 29.8 Å². The molecule has 0 bridgehead atoms. The summed E-state index contributed by atoms with van der Waals surface area (Å²) in [6.07, 6.45) is -0.963. The van der Waals surface area contributed by atoms with E-state index in [1.54, 1.807) is 38.4 Å². The number of aromatic nitrogens is 1. The predicted molar refractivity (Wildman–Crippen MR) is 98.2 cm³/mol. The molecule has 0 aliphatic heterocycles. The van der Waals surface area contributed by atoms with Crippen LogP contribution in [0.4, 0.5) is 0 Å². The Kier molecular flexibility index (Phi) is 3.81. The third-order valence-electron chi connectivity index (χ3n) is 4.83. The molecule has 1 aliphatic rings. The Bertz CT molecular complexity index is 1040. The van der Waals surface area contributed by atoms with Gasteiger partial charge in [-0.15, -0.1) is 0 Å². The summed E-state index contributed by atoms with van der Waals surface area (Å²) in [5.74, 6) is -1.13. The summed E-state index contributed by atoms with van der Waals surface area (Å²) in [6, 6.07) is 16.2. The van der Waals surface area contributed by atoms with E-state index in [1.165, 1.54) is 4.90 Å². The number of nitrogens with zero attached hydrogens (tertiary/aromatic N) is 2. The van der Waals surface area contributed by atoms with Crippen molar-refractivity contribution >= 4 is 22.6 Å². The highest BCUT2D eigenvalue weighted by atomic mass is 16.3. The van der Waals surface area contributed by atoms with Crippen molar-refractivity contribution in [1.82, 2.24) is 9.88 Å². The highest BCUT2D eigenvalue weighted by Gasteiger charge is 2.41. The van der Waals surface area contributed by atoms with E-state index in [-0.39, 0.29) is 11.7 Å². The second-order valence-electron chi connectivity index (χ2n) is 6.72. The molecule has 2 aromatic carbocycles. The molecule has 0 spiro atoms. The third-order valence-corrected chi connectivity index (χ3v) is 4.83. The number of carbonyl (C=O) groups is 2. The number of para-hydroxylation sites is 1. The zero-order valence-electron chi connectivity index (χ0n) is 14.5. The van der Waals surface area contributed by atoms with Gasteiger partial charge in [0.2, 0.25) is 0 Å². The fraction of sp³-hybridized carbons (Fsp3) is 0.190. The number of rotatable bonds is 2. The van der Waals surface area contributed by atoms with E-state index in [1.807, 2.05) is 30.3 Å². The van der Waals surface area contributed by atoms with E-state index in [0.29, 0.717) is 22.4 Å². The highest BCUT2D eigenvalue weighted by molar-refractivity contribution is 6.08. The Labute approximate surface area is 150 Å². The molecule has 1 aromatic heterocycles. The number of hydrogen-bond donors (Lipinski definition) is 1. The zero-order valence-corrected chi connectivity index (χ0v) is 14.5. The normalized spacial score (nSPS) is 18.8. The molecule has 130 valence electrons. The van der Waals surface area contributed by atoms with Gasteiger partial charge in [0.15, 0.2) is 5.78 Å². The van der Waals surface area contributed by atoms with Crippen molar-refractivity contribution in [2.24, 2.45) is 0 Å². The summed E-state index contributed by atoms with van der Waals surface area (Å²) in [5, 5.41) is 11.7. The van der Waals surface area contributed by atoms with E-state index in [0.717, 1.165) is 10.9 Å². The SMILES string of the molecule is CN(C)C(=O)c1ccc2c(c1)C(=O)[C@@H](c1ccc3ccccc3n1)[C@H]2O. The molecular formula is C21H18N2O3. The monoisotopic (exact) mass is 346 g/mol. The van der Waals surface area contributed by atoms with Crippen LogP contribution in [-0.2, 0) is 0 Å². The lowest BCUT2D eigenvalue weighted by molar-refractivity contribution is 0.0827. The fourth-order valence-electron chi connectivity index (χ4n) is 3.46. The van der Waals surface area contributed by atoms with Crippen LogP contribution in [0, 0.1) is 0 Å². The molecule has 0 fully saturated rings. The Morgan fingerprint density at radius 2 is 1.85 bits per heavy atom. The number of fused-ring (bicyclic) bond motifs is 2. The minimum atomic E-state index is -0.963. The van der Waals surface area contributed by atoms with Gasteiger partial charge >= 0.3 is 0 Å². The van der Waals surface area contributed by atoms with Crippen LogP contribution in [0.3, 0.4) is 0 Å². The van der Waals surface area contributed by atoms with Gasteiger partial charge in [-0.1, -0.05) is 30.3 Å². The van der Waals surface area contributed by atoms with Crippen LogP contribution in [-0.4, -0.2) is 40.8 Å². The first kappa shape index (κ1) is 16.4. The van der Waals surface area contributed by atoms with Gasteiger partial charge in [0.05, 0.1) is 23.2 Å². The van der Waals surface area contributed by atoms with Crippen molar-refractivity contribution in [3.63, 3.8) is 0 Å². The van der Waals surface area contributed by atoms with E-state index in [9.17, 15) is 14.7 Å². The lowest BCUT2D eigenvalue weighted by Crippen LogP contribution is -2.21. The van der Waals surface area contributed by atoms with Gasteiger partial charge in [0.1, 0.15) is 0 Å². The lowest BCUT2D eigenvalue weighted by Gasteiger charge is -2.14. The molecule has 5 heteroatoms. The predicted octanol–water partition coefficient (Wildman–Crippen LogP) is 2.95. The van der Waals surface area contributed by atoms with Gasteiger partial charge in [0.25, 0.3) is 5.91 Å². The van der Waals surface area contributed by atoms with Crippen molar-refractivity contribution in [3.05, 3.63) is 77.0 Å². The molecule has 1 heterocycles. The second kappa shape index (κ2) is 6.04. The molecule has 1 aliphatic carbocycles. The lowest BCUT2D eigenvalue weighted by atomic mass is 9.97. The molecule has 1 amide bonds. The highest BCUT2D eigenvalue weighted by Crippen LogP contribution is 2.42. The summed E-state index contributed by atoms with van der Waals surface area (Å²) >= 11 is 0. The van der Waals surface area contributed by atoms with E-state index < -0.39 is 12.0 Å². The van der Waals surface area contributed by atoms with Crippen LogP contribution in [0.15, 0.2) is 54.6 Å². The van der Waals surface area contributed by atoms with Gasteiger partial charge in [-0.3, -0.25) is 14.6 Å². The first-order valence-electron chi connectivity index (χ1n) is 8.41. The Balaban J connectivity index is 1.76. The van der Waals surface area contributed by atoms with Crippen molar-refractivity contribution in [2.75, 3.05) is 14.1 Å². The summed E-state index contributed by atoms with van der Waals surface area (Å²) in [4.78, 5) is 31.2. The Morgan fingerprint density at radius 3 is 2.62 bits per heavy atom. The van der Waals surface area contributed by atoms with Crippen molar-refractivity contribution < 1.29 is 14.7 Å². The van der Waals surface area contributed by atoms with Crippen LogP contribution in [0.25, 0.3) is 10.9 Å². The largest absolute Gasteiger partial charge is 0.387 e. The van der Waals surface area contributed by atoms with Crippen molar-refractivity contribution in [2.45, 2.75) is 12.0 Å². The van der Waals surface area contributed by atoms with Gasteiger partial charge in [0, 0.05) is 30.6 Å². The summed E-state index contributed by atoms with van der Waals surface area (Å²) in [7, 11) is 3.32. The topological polar surface area (TPSA) is 70.5 Å². The van der Waals surface area contributed by atoms with E-state index >= 15 is 0 Å². The quantitative estimate of drug-likeness (QED) is 0.774. The molecular weight excluding hydrogens is 328 g/mol. The number of carbonyl (C=O) groups excluding carboxylic acids is 2. The number of aliphatic hydroxyl groups is 1. The van der Waals surface area contributed by atoms with E-state index in [4.69, 9.17) is 0 Å². The number of Topliss-reactive ketones (excluding diaryl/α,β-unsaturated/α-hetero) is 1. The number of pyridine rings is 1. The molecule has 0 unspecified atom stereocenters. The fourth-order valence-corrected chi connectivity index (χ4v) is 3.46. The number of ketones is 1. The van der Waals surface area contributed by atoms with Crippen LogP contribution >= 0.6 is 0 Å². The Morgan fingerprint density at radius 1 is 1.08 bits per heavy atom. The van der Waals surface area contributed by atoms with Gasteiger partial charge < -0.3 is 10.0 Å². The molecule has 1 N–H and O–H groups in total. The smallest absolute Gasteiger partial charge is 0.253 e. The summed E-state index contributed by atoms with van der Waals surface area (Å²) < 4.78 is 0. The number of benzene rings is 2. The van der Waals surface area contributed by atoms with Crippen molar-refractivity contribution in [3.8, 4) is 0 Å². The van der Waals surface area contributed by atoms with Crippen LogP contribution in [0.1, 0.15) is 44.0 Å². The third kappa shape index (κ3) is 2.48. The number of aliphatic hydroxyl groups excluding tert-OH is 1. The van der Waals surface area contributed by atoms with Crippen LogP contribution in [0.2, 0.25) is 0 Å². The Hall–Kier alpha value is -3.05. The number of hydrogen-bond acceptors (Lipinski definition) is 4. The minimum Gasteiger partial charge on any atom is -0.387 e. The van der Waals surface area contributed by atoms with Gasteiger partial charge in [-0.2, -0.15) is 0 Å². The first-order chi connectivity index (χ1) is 12.5. The molecule has 4 rings (SSSR count). The zero-order chi connectivity index (χ0) is 18.4. The van der Waals surface area contributed by atoms with Gasteiger partial charge in [-0.25, -0.2) is 0 Å². The average Bonchev–Trinajstić information content (AvgIpc) is 2.90. The molecule has 5 nitrogen and oxygen atoms in total. The molecule has 26 heavy (non-hydrogen) atoms. The summed E-state index contributed by atoms with van der Waals surface area (Å²) in [5.41, 5.74) is 2.69. The standard InChI is InChI=1S/C21H18N2O3/c1-23(2)21(26)13-7-9-14-15(11-13)20(25)18(19(14)24)17-10-8-12-5-3-4-6-16(12)22-17/h3-11,18-19,24H,1-2H3/t18-,19-/m0/s1.